The summed E-state index contributed by atoms with van der Waals surface area (Å²) >= 11 is 0. The lowest BCUT2D eigenvalue weighted by Gasteiger charge is -2.23. The number of carbonyl (C=O) groups is 2. The van der Waals surface area contributed by atoms with Gasteiger partial charge in [0.15, 0.2) is 18.1 Å². The molecule has 1 saturated carbocycles. The van der Waals surface area contributed by atoms with Crippen molar-refractivity contribution in [3.63, 3.8) is 0 Å². The van der Waals surface area contributed by atoms with Crippen molar-refractivity contribution >= 4 is 34.4 Å². The average Bonchev–Trinajstić information content (AvgIpc) is 3.39. The molecule has 1 N–H and O–H groups in total. The van der Waals surface area contributed by atoms with E-state index in [0.717, 1.165) is 89.7 Å². The van der Waals surface area contributed by atoms with E-state index in [2.05, 4.69) is 11.4 Å². The summed E-state index contributed by atoms with van der Waals surface area (Å²) in [6.07, 6.45) is 10.0. The minimum Gasteiger partial charge on any atom is -0.454 e. The van der Waals surface area contributed by atoms with Crippen LogP contribution in [-0.4, -0.2) is 36.3 Å². The highest BCUT2D eigenvalue weighted by Crippen LogP contribution is 2.38. The van der Waals surface area contributed by atoms with Gasteiger partial charge in [0, 0.05) is 11.4 Å². The molecule has 7 nitrogen and oxygen atoms in total. The predicted molar refractivity (Wildman–Crippen MR) is 140 cm³/mol. The van der Waals surface area contributed by atoms with Gasteiger partial charge in [-0.05, 0) is 73.1 Å². The molecule has 0 bridgehead atoms. The number of hydrogen-bond acceptors (Lipinski definition) is 6. The van der Waals surface area contributed by atoms with E-state index in [0.29, 0.717) is 5.56 Å². The van der Waals surface area contributed by atoms with E-state index in [-0.39, 0.29) is 25.3 Å². The van der Waals surface area contributed by atoms with E-state index in [1.165, 1.54) is 6.42 Å². The summed E-state index contributed by atoms with van der Waals surface area (Å²) in [5.41, 5.74) is 5.01. The minimum atomic E-state index is -0.474. The van der Waals surface area contributed by atoms with Crippen molar-refractivity contribution in [1.29, 1.82) is 0 Å². The van der Waals surface area contributed by atoms with Crippen LogP contribution < -0.4 is 14.8 Å². The van der Waals surface area contributed by atoms with Gasteiger partial charge in [0.1, 0.15) is 0 Å². The minimum absolute atomic E-state index is 0.179. The van der Waals surface area contributed by atoms with Gasteiger partial charge in [-0.25, -0.2) is 9.78 Å². The maximum Gasteiger partial charge on any atom is 0.339 e. The second-order valence-corrected chi connectivity index (χ2v) is 9.95. The molecular formula is C30H30N2O5. The van der Waals surface area contributed by atoms with Gasteiger partial charge in [-0.15, -0.1) is 0 Å². The van der Waals surface area contributed by atoms with Gasteiger partial charge in [0.05, 0.1) is 16.8 Å². The molecule has 0 spiro atoms. The first-order valence-corrected chi connectivity index (χ1v) is 13.1. The standard InChI is InChI=1S/C30H30N2O5/c33-27(31-21-8-2-1-3-9-21)17-35-30(34)28-22-10-4-5-12-24(22)32-29-20(7-6-11-23(28)29)15-19-13-14-25-26(16-19)37-18-36-25/h4-5,10,12-16,21H,1-3,6-9,11,17-18H2,(H,31,33). The Labute approximate surface area is 215 Å². The summed E-state index contributed by atoms with van der Waals surface area (Å²) < 4.78 is 16.6. The molecule has 3 aliphatic rings. The summed E-state index contributed by atoms with van der Waals surface area (Å²) in [6.45, 7) is -0.0451. The molecule has 7 heteroatoms. The van der Waals surface area contributed by atoms with Crippen molar-refractivity contribution in [2.24, 2.45) is 0 Å². The number of benzene rings is 2. The fourth-order valence-electron chi connectivity index (χ4n) is 5.63. The first-order valence-electron chi connectivity index (χ1n) is 13.1. The quantitative estimate of drug-likeness (QED) is 0.471. The van der Waals surface area contributed by atoms with Crippen LogP contribution in [0.2, 0.25) is 0 Å². The lowest BCUT2D eigenvalue weighted by atomic mass is 9.86. The summed E-state index contributed by atoms with van der Waals surface area (Å²) in [4.78, 5) is 30.9. The molecule has 190 valence electrons. The normalized spacial score (nSPS) is 18.0. The van der Waals surface area contributed by atoms with Gasteiger partial charge in [0.25, 0.3) is 5.91 Å². The Balaban J connectivity index is 1.30. The number of allylic oxidation sites excluding steroid dienone is 1. The molecular weight excluding hydrogens is 468 g/mol. The lowest BCUT2D eigenvalue weighted by molar-refractivity contribution is -0.125. The average molecular weight is 499 g/mol. The molecule has 2 aliphatic carbocycles. The maximum absolute atomic E-state index is 13.4. The Kier molecular flexibility index (Phi) is 6.51. The number of aromatic nitrogens is 1. The van der Waals surface area contributed by atoms with E-state index >= 15 is 0 Å². The number of hydrogen-bond donors (Lipinski definition) is 1. The first kappa shape index (κ1) is 23.5. The van der Waals surface area contributed by atoms with Crippen LogP contribution in [0.15, 0.2) is 42.5 Å². The second-order valence-electron chi connectivity index (χ2n) is 9.95. The fraction of sp³-hybridized carbons (Fsp3) is 0.367. The van der Waals surface area contributed by atoms with E-state index in [1.54, 1.807) is 0 Å². The SMILES string of the molecule is O=C(COC(=O)c1c2c(nc3ccccc13)C(=Cc1ccc3c(c1)OCO3)CCC2)NC1CCCCC1. The van der Waals surface area contributed by atoms with Gasteiger partial charge in [-0.1, -0.05) is 43.5 Å². The molecule has 1 fully saturated rings. The van der Waals surface area contributed by atoms with Crippen LogP contribution in [0.4, 0.5) is 0 Å². The Hall–Kier alpha value is -3.87. The molecule has 0 unspecified atom stereocenters. The van der Waals surface area contributed by atoms with Crippen LogP contribution in [-0.2, 0) is 16.0 Å². The number of fused-ring (bicyclic) bond motifs is 3. The molecule has 3 aromatic rings. The summed E-state index contributed by atoms with van der Waals surface area (Å²) in [7, 11) is 0. The third-order valence-corrected chi connectivity index (χ3v) is 7.42. The number of nitrogens with one attached hydrogen (secondary N) is 1. The zero-order chi connectivity index (χ0) is 25.2. The smallest absolute Gasteiger partial charge is 0.339 e. The third-order valence-electron chi connectivity index (χ3n) is 7.42. The molecule has 37 heavy (non-hydrogen) atoms. The molecule has 2 heterocycles. The second kappa shape index (κ2) is 10.2. The Bertz CT molecular complexity index is 1390. The van der Waals surface area contributed by atoms with Crippen molar-refractivity contribution in [1.82, 2.24) is 10.3 Å². The summed E-state index contributed by atoms with van der Waals surface area (Å²) in [5, 5.41) is 3.77. The molecule has 1 amide bonds. The lowest BCUT2D eigenvalue weighted by Crippen LogP contribution is -2.38. The number of amides is 1. The summed E-state index contributed by atoms with van der Waals surface area (Å²) in [5.74, 6) is 0.759. The Morgan fingerprint density at radius 3 is 2.73 bits per heavy atom. The molecule has 0 radical (unpaired) electrons. The predicted octanol–water partition coefficient (Wildman–Crippen LogP) is 5.45. The summed E-state index contributed by atoms with van der Waals surface area (Å²) in [6, 6.07) is 13.7. The fourth-order valence-corrected chi connectivity index (χ4v) is 5.63. The van der Waals surface area contributed by atoms with Gasteiger partial charge in [-0.3, -0.25) is 4.79 Å². The number of rotatable bonds is 5. The van der Waals surface area contributed by atoms with Crippen molar-refractivity contribution < 1.29 is 23.8 Å². The highest BCUT2D eigenvalue weighted by atomic mass is 16.7. The highest BCUT2D eigenvalue weighted by molar-refractivity contribution is 6.07. The van der Waals surface area contributed by atoms with Gasteiger partial charge in [0.2, 0.25) is 6.79 Å². The third kappa shape index (κ3) is 4.90. The number of ether oxygens (including phenoxy) is 3. The zero-order valence-corrected chi connectivity index (χ0v) is 20.8. The number of pyridine rings is 1. The molecule has 0 atom stereocenters. The Morgan fingerprint density at radius 1 is 1.00 bits per heavy atom. The molecule has 1 aliphatic heterocycles. The van der Waals surface area contributed by atoms with Gasteiger partial charge < -0.3 is 19.5 Å². The monoisotopic (exact) mass is 498 g/mol. The largest absolute Gasteiger partial charge is 0.454 e. The van der Waals surface area contributed by atoms with Crippen LogP contribution in [0.5, 0.6) is 11.5 Å². The molecule has 2 aromatic carbocycles. The van der Waals surface area contributed by atoms with Crippen LogP contribution in [0.1, 0.15) is 72.1 Å². The van der Waals surface area contributed by atoms with Crippen LogP contribution in [0, 0.1) is 0 Å². The van der Waals surface area contributed by atoms with Crippen LogP contribution in [0.3, 0.4) is 0 Å². The van der Waals surface area contributed by atoms with Crippen molar-refractivity contribution in [2.45, 2.75) is 57.4 Å². The maximum atomic E-state index is 13.4. The number of esters is 1. The van der Waals surface area contributed by atoms with E-state index in [9.17, 15) is 9.59 Å². The van der Waals surface area contributed by atoms with Gasteiger partial charge in [-0.2, -0.15) is 0 Å². The topological polar surface area (TPSA) is 86.8 Å². The van der Waals surface area contributed by atoms with Crippen LogP contribution in [0.25, 0.3) is 22.6 Å². The van der Waals surface area contributed by atoms with E-state index < -0.39 is 5.97 Å². The molecule has 0 saturated heterocycles. The number of nitrogens with zero attached hydrogens (tertiary/aromatic N) is 1. The molecule has 6 rings (SSSR count). The molecule has 1 aromatic heterocycles. The number of para-hydroxylation sites is 1. The Morgan fingerprint density at radius 2 is 1.84 bits per heavy atom. The van der Waals surface area contributed by atoms with Crippen molar-refractivity contribution in [3.05, 3.63) is 64.8 Å². The van der Waals surface area contributed by atoms with E-state index in [4.69, 9.17) is 19.2 Å². The first-order chi connectivity index (χ1) is 18.2. The van der Waals surface area contributed by atoms with Crippen molar-refractivity contribution in [3.8, 4) is 11.5 Å². The zero-order valence-electron chi connectivity index (χ0n) is 20.8. The number of carbonyl (C=O) groups excluding carboxylic acids is 2. The van der Waals surface area contributed by atoms with Gasteiger partial charge >= 0.3 is 5.97 Å². The van der Waals surface area contributed by atoms with Crippen molar-refractivity contribution in [2.75, 3.05) is 13.4 Å². The highest BCUT2D eigenvalue weighted by Gasteiger charge is 2.27. The van der Waals surface area contributed by atoms with E-state index in [1.807, 2.05) is 42.5 Å². The van der Waals surface area contributed by atoms with Crippen LogP contribution >= 0.6 is 0 Å².